The Bertz CT molecular complexity index is 251. The van der Waals surface area contributed by atoms with Crippen LogP contribution in [0, 0.1) is 17.8 Å². The Kier molecular flexibility index (Phi) is 2.37. The van der Waals surface area contributed by atoms with Gasteiger partial charge in [0.05, 0.1) is 0 Å². The zero-order valence-electron chi connectivity index (χ0n) is 8.78. The number of hydrogen-bond donors (Lipinski definition) is 1. The molecule has 3 rings (SSSR count). The molecule has 0 amide bonds. The van der Waals surface area contributed by atoms with Crippen LogP contribution in [0.4, 0.5) is 0 Å². The Labute approximate surface area is 90.7 Å². The summed E-state index contributed by atoms with van der Waals surface area (Å²) in [5.41, 5.74) is 0. The minimum atomic E-state index is 0.790. The molecule has 0 radical (unpaired) electrons. The van der Waals surface area contributed by atoms with Gasteiger partial charge in [-0.25, -0.2) is 0 Å². The van der Waals surface area contributed by atoms with E-state index in [0.29, 0.717) is 0 Å². The zero-order valence-corrected chi connectivity index (χ0v) is 9.59. The fraction of sp³-hybridized carbons (Fsp3) is 0.833. The highest BCUT2D eigenvalue weighted by Crippen LogP contribution is 2.40. The average molecular weight is 209 g/mol. The third-order valence-electron chi connectivity index (χ3n) is 4.07. The second-order valence-corrected chi connectivity index (χ2v) is 6.25. The molecule has 5 atom stereocenters. The maximum Gasteiger partial charge on any atom is 0.0194 e. The first-order chi connectivity index (χ1) is 6.83. The lowest BCUT2D eigenvalue weighted by atomic mass is 9.98. The van der Waals surface area contributed by atoms with Crippen molar-refractivity contribution in [1.82, 2.24) is 5.32 Å². The molecule has 2 bridgehead atoms. The summed E-state index contributed by atoms with van der Waals surface area (Å²) in [6.45, 7) is 2.39. The molecule has 1 heterocycles. The van der Waals surface area contributed by atoms with Gasteiger partial charge < -0.3 is 5.32 Å². The number of rotatable bonds is 2. The smallest absolute Gasteiger partial charge is 0.0194 e. The summed E-state index contributed by atoms with van der Waals surface area (Å²) in [6.07, 6.45) is 7.69. The van der Waals surface area contributed by atoms with E-state index in [1.54, 1.807) is 0 Å². The van der Waals surface area contributed by atoms with Crippen molar-refractivity contribution in [2.75, 3.05) is 11.5 Å². The number of allylic oxidation sites excluding steroid dienone is 1. The summed E-state index contributed by atoms with van der Waals surface area (Å²) in [6, 6.07) is 1.59. The van der Waals surface area contributed by atoms with Gasteiger partial charge in [0.15, 0.2) is 0 Å². The maximum absolute atomic E-state index is 3.89. The van der Waals surface area contributed by atoms with Crippen molar-refractivity contribution in [3.63, 3.8) is 0 Å². The lowest BCUT2D eigenvalue weighted by molar-refractivity contribution is 0.359. The van der Waals surface area contributed by atoms with Crippen molar-refractivity contribution in [2.45, 2.75) is 31.8 Å². The number of nitrogens with one attached hydrogen (secondary N) is 1. The monoisotopic (exact) mass is 209 g/mol. The van der Waals surface area contributed by atoms with Gasteiger partial charge in [-0.1, -0.05) is 19.1 Å². The molecular weight excluding hydrogens is 190 g/mol. The molecule has 0 aromatic rings. The van der Waals surface area contributed by atoms with Gasteiger partial charge in [-0.2, -0.15) is 11.8 Å². The summed E-state index contributed by atoms with van der Waals surface area (Å²) in [5, 5.41) is 3.89. The first-order valence-electron chi connectivity index (χ1n) is 5.85. The molecule has 2 heteroatoms. The predicted molar refractivity (Wildman–Crippen MR) is 62.6 cm³/mol. The van der Waals surface area contributed by atoms with Gasteiger partial charge in [-0.05, 0) is 36.3 Å². The molecule has 2 fully saturated rings. The van der Waals surface area contributed by atoms with Gasteiger partial charge in [0, 0.05) is 17.8 Å². The maximum atomic E-state index is 3.89. The molecule has 0 spiro atoms. The van der Waals surface area contributed by atoms with Crippen LogP contribution >= 0.6 is 11.8 Å². The SMILES string of the molecule is CC1CSCC1NC1C[C@@H]2C=C[C@H]1C2. The quantitative estimate of drug-likeness (QED) is 0.700. The van der Waals surface area contributed by atoms with E-state index in [1.165, 1.54) is 24.3 Å². The predicted octanol–water partition coefficient (Wildman–Crippen LogP) is 2.29. The van der Waals surface area contributed by atoms with Crippen molar-refractivity contribution in [3.8, 4) is 0 Å². The summed E-state index contributed by atoms with van der Waals surface area (Å²) < 4.78 is 0. The van der Waals surface area contributed by atoms with Gasteiger partial charge in [0.25, 0.3) is 0 Å². The van der Waals surface area contributed by atoms with E-state index >= 15 is 0 Å². The van der Waals surface area contributed by atoms with Crippen LogP contribution in [0.15, 0.2) is 12.2 Å². The van der Waals surface area contributed by atoms with Crippen LogP contribution in [-0.2, 0) is 0 Å². The molecule has 1 aliphatic heterocycles. The Morgan fingerprint density at radius 1 is 1.14 bits per heavy atom. The summed E-state index contributed by atoms with van der Waals surface area (Å²) in [4.78, 5) is 0. The Balaban J connectivity index is 1.60. The van der Waals surface area contributed by atoms with E-state index in [2.05, 4.69) is 36.2 Å². The normalized spacial score (nSPS) is 50.5. The average Bonchev–Trinajstić information content (AvgIpc) is 2.83. The highest BCUT2D eigenvalue weighted by atomic mass is 32.2. The number of thioether (sulfide) groups is 1. The second kappa shape index (κ2) is 3.57. The van der Waals surface area contributed by atoms with Gasteiger partial charge in [0.2, 0.25) is 0 Å². The van der Waals surface area contributed by atoms with Gasteiger partial charge in [-0.15, -0.1) is 0 Å². The number of hydrogen-bond acceptors (Lipinski definition) is 2. The molecule has 0 aromatic carbocycles. The summed E-state index contributed by atoms with van der Waals surface area (Å²) in [5.74, 6) is 5.33. The minimum Gasteiger partial charge on any atom is -0.310 e. The third-order valence-corrected chi connectivity index (χ3v) is 5.43. The van der Waals surface area contributed by atoms with Crippen LogP contribution in [0.5, 0.6) is 0 Å². The molecule has 1 saturated heterocycles. The van der Waals surface area contributed by atoms with Gasteiger partial charge >= 0.3 is 0 Å². The fourth-order valence-electron chi connectivity index (χ4n) is 3.12. The van der Waals surface area contributed by atoms with Crippen molar-refractivity contribution < 1.29 is 0 Å². The summed E-state index contributed by atoms with van der Waals surface area (Å²) >= 11 is 2.11. The molecule has 0 aromatic heterocycles. The van der Waals surface area contributed by atoms with Crippen LogP contribution in [0.1, 0.15) is 19.8 Å². The molecule has 3 unspecified atom stereocenters. The minimum absolute atomic E-state index is 0.790. The molecular formula is C12H19NS. The highest BCUT2D eigenvalue weighted by molar-refractivity contribution is 7.99. The van der Waals surface area contributed by atoms with Crippen LogP contribution in [-0.4, -0.2) is 23.6 Å². The van der Waals surface area contributed by atoms with E-state index < -0.39 is 0 Å². The van der Waals surface area contributed by atoms with E-state index in [9.17, 15) is 0 Å². The second-order valence-electron chi connectivity index (χ2n) is 5.17. The summed E-state index contributed by atoms with van der Waals surface area (Å²) in [7, 11) is 0. The van der Waals surface area contributed by atoms with E-state index in [0.717, 1.165) is 29.8 Å². The fourth-order valence-corrected chi connectivity index (χ4v) is 4.54. The largest absolute Gasteiger partial charge is 0.310 e. The van der Waals surface area contributed by atoms with Gasteiger partial charge in [-0.3, -0.25) is 0 Å². The van der Waals surface area contributed by atoms with Crippen LogP contribution in [0.2, 0.25) is 0 Å². The molecule has 3 aliphatic rings. The van der Waals surface area contributed by atoms with E-state index in [4.69, 9.17) is 0 Å². The van der Waals surface area contributed by atoms with Gasteiger partial charge in [0.1, 0.15) is 0 Å². The molecule has 1 saturated carbocycles. The van der Waals surface area contributed by atoms with Crippen molar-refractivity contribution in [3.05, 3.63) is 12.2 Å². The molecule has 1 nitrogen and oxygen atoms in total. The molecule has 14 heavy (non-hydrogen) atoms. The lowest BCUT2D eigenvalue weighted by Crippen LogP contribution is -2.43. The third kappa shape index (κ3) is 1.53. The van der Waals surface area contributed by atoms with Crippen LogP contribution < -0.4 is 5.32 Å². The Morgan fingerprint density at radius 3 is 2.64 bits per heavy atom. The highest BCUT2D eigenvalue weighted by Gasteiger charge is 2.37. The standard InChI is InChI=1S/C12H19NS/c1-8-6-14-7-12(8)13-11-5-9-2-3-10(11)4-9/h2-3,8-13H,4-7H2,1H3/t8?,9-,10+,11?,12?/m1/s1. The van der Waals surface area contributed by atoms with Crippen molar-refractivity contribution in [1.29, 1.82) is 0 Å². The van der Waals surface area contributed by atoms with Crippen LogP contribution in [0.25, 0.3) is 0 Å². The Morgan fingerprint density at radius 2 is 2.07 bits per heavy atom. The van der Waals surface area contributed by atoms with Crippen LogP contribution in [0.3, 0.4) is 0 Å². The topological polar surface area (TPSA) is 12.0 Å². The first-order valence-corrected chi connectivity index (χ1v) is 7.00. The van der Waals surface area contributed by atoms with Crippen molar-refractivity contribution in [2.24, 2.45) is 17.8 Å². The first kappa shape index (κ1) is 9.29. The lowest BCUT2D eigenvalue weighted by Gasteiger charge is -2.26. The molecule has 78 valence electrons. The molecule has 2 aliphatic carbocycles. The number of fused-ring (bicyclic) bond motifs is 2. The van der Waals surface area contributed by atoms with Crippen molar-refractivity contribution >= 4 is 11.8 Å². The van der Waals surface area contributed by atoms with E-state index in [-0.39, 0.29) is 0 Å². The van der Waals surface area contributed by atoms with E-state index in [1.807, 2.05) is 0 Å². The molecule has 1 N–H and O–H groups in total. The Hall–Kier alpha value is 0.0500. The zero-order chi connectivity index (χ0) is 9.54.